The van der Waals surface area contributed by atoms with E-state index in [1.54, 1.807) is 0 Å². The van der Waals surface area contributed by atoms with Gasteiger partial charge in [-0.05, 0) is 25.3 Å². The van der Waals surface area contributed by atoms with E-state index in [1.165, 1.54) is 0 Å². The molecule has 0 amide bonds. The molecule has 0 saturated heterocycles. The number of aliphatic carboxylic acids is 1. The zero-order valence-corrected chi connectivity index (χ0v) is 12.4. The molecule has 0 bridgehead atoms. The fraction of sp³-hybridized carbons (Fsp3) is 0.533. The summed E-state index contributed by atoms with van der Waals surface area (Å²) in [6.45, 7) is 1.99. The summed E-state index contributed by atoms with van der Waals surface area (Å²) in [4.78, 5) is 10.8. The summed E-state index contributed by atoms with van der Waals surface area (Å²) >= 11 is 0. The quantitative estimate of drug-likeness (QED) is 0.926. The van der Waals surface area contributed by atoms with Gasteiger partial charge in [-0.15, -0.1) is 0 Å². The maximum atomic E-state index is 12.3. The Balaban J connectivity index is 2.30. The first kappa shape index (κ1) is 15.0. The molecule has 0 aliphatic heterocycles. The molecule has 1 aliphatic rings. The molecule has 110 valence electrons. The Morgan fingerprint density at radius 3 is 2.40 bits per heavy atom. The van der Waals surface area contributed by atoms with E-state index in [2.05, 4.69) is 0 Å². The second kappa shape index (κ2) is 5.95. The van der Waals surface area contributed by atoms with E-state index in [-0.39, 0.29) is 5.92 Å². The molecule has 0 spiro atoms. The van der Waals surface area contributed by atoms with Gasteiger partial charge in [0.2, 0.25) is 0 Å². The van der Waals surface area contributed by atoms with Gasteiger partial charge < -0.3 is 5.11 Å². The minimum absolute atomic E-state index is 0.0753. The van der Waals surface area contributed by atoms with Crippen LogP contribution in [-0.2, 0) is 14.6 Å². The minimum Gasteiger partial charge on any atom is -0.480 e. The van der Waals surface area contributed by atoms with Crippen LogP contribution in [0.5, 0.6) is 0 Å². The van der Waals surface area contributed by atoms with E-state index >= 15 is 0 Å². The molecule has 1 N–H and O–H groups in total. The highest BCUT2D eigenvalue weighted by atomic mass is 32.2. The number of hydrogen-bond donors (Lipinski definition) is 1. The molecule has 1 aromatic carbocycles. The largest absolute Gasteiger partial charge is 0.480 e. The summed E-state index contributed by atoms with van der Waals surface area (Å²) in [5.74, 6) is -2.10. The Hall–Kier alpha value is -1.36. The first-order chi connectivity index (χ1) is 9.40. The molecule has 2 atom stereocenters. The second-order valence-corrected chi connectivity index (χ2v) is 7.76. The molecule has 2 rings (SSSR count). The zero-order valence-electron chi connectivity index (χ0n) is 11.6. The zero-order chi connectivity index (χ0) is 14.8. The van der Waals surface area contributed by atoms with E-state index in [0.29, 0.717) is 6.42 Å². The van der Waals surface area contributed by atoms with E-state index in [9.17, 15) is 13.2 Å². The molecule has 1 aliphatic carbocycles. The van der Waals surface area contributed by atoms with E-state index < -0.39 is 26.8 Å². The van der Waals surface area contributed by atoms with Gasteiger partial charge in [0.1, 0.15) is 5.75 Å². The van der Waals surface area contributed by atoms with Crippen LogP contribution in [0.15, 0.2) is 24.3 Å². The van der Waals surface area contributed by atoms with E-state index in [0.717, 1.165) is 30.4 Å². The highest BCUT2D eigenvalue weighted by Crippen LogP contribution is 2.37. The standard InChI is InChI=1S/C15H20O4S/c1-11-6-8-12(9-7-11)13-4-2-3-5-14(13)20(18,19)10-15(16)17/h6-9,13-14H,2-5,10H2,1H3,(H,16,17)/t13-,14-/m1/s1. The average molecular weight is 296 g/mol. The normalized spacial score (nSPS) is 23.4. The molecular weight excluding hydrogens is 276 g/mol. The lowest BCUT2D eigenvalue weighted by molar-refractivity contribution is -0.134. The van der Waals surface area contributed by atoms with Crippen molar-refractivity contribution >= 4 is 15.8 Å². The number of carbonyl (C=O) groups is 1. The van der Waals surface area contributed by atoms with Gasteiger partial charge in [-0.25, -0.2) is 8.42 Å². The number of aryl methyl sites for hydroxylation is 1. The van der Waals surface area contributed by atoms with Crippen LogP contribution >= 0.6 is 0 Å². The first-order valence-electron chi connectivity index (χ1n) is 6.90. The second-order valence-electron chi connectivity index (χ2n) is 5.54. The van der Waals surface area contributed by atoms with E-state index in [4.69, 9.17) is 5.11 Å². The third-order valence-electron chi connectivity index (χ3n) is 3.99. The average Bonchev–Trinajstić information content (AvgIpc) is 2.38. The van der Waals surface area contributed by atoms with Crippen LogP contribution in [0.25, 0.3) is 0 Å². The molecular formula is C15H20O4S. The summed E-state index contributed by atoms with van der Waals surface area (Å²) in [5, 5.41) is 8.23. The van der Waals surface area contributed by atoms with Gasteiger partial charge in [0.25, 0.3) is 0 Å². The molecule has 1 aromatic rings. The summed E-state index contributed by atoms with van der Waals surface area (Å²) < 4.78 is 24.5. The molecule has 4 nitrogen and oxygen atoms in total. The van der Waals surface area contributed by atoms with Gasteiger partial charge in [-0.1, -0.05) is 42.7 Å². The Kier molecular flexibility index (Phi) is 4.48. The molecule has 1 fully saturated rings. The van der Waals surface area contributed by atoms with Crippen molar-refractivity contribution in [2.24, 2.45) is 0 Å². The Labute approximate surface area is 119 Å². The maximum absolute atomic E-state index is 12.3. The SMILES string of the molecule is Cc1ccc([C@H]2CCCC[C@H]2S(=O)(=O)CC(=O)O)cc1. The third kappa shape index (κ3) is 3.39. The molecule has 0 heterocycles. The number of benzene rings is 1. The summed E-state index contributed by atoms with van der Waals surface area (Å²) in [7, 11) is -3.59. The summed E-state index contributed by atoms with van der Waals surface area (Å²) in [5.41, 5.74) is 2.14. The van der Waals surface area contributed by atoms with Crippen LogP contribution < -0.4 is 0 Å². The number of carboxylic acid groups (broad SMARTS) is 1. The van der Waals surface area contributed by atoms with Crippen LogP contribution in [-0.4, -0.2) is 30.5 Å². The molecule has 0 radical (unpaired) electrons. The summed E-state index contributed by atoms with van der Waals surface area (Å²) in [6, 6.07) is 7.89. The number of hydrogen-bond acceptors (Lipinski definition) is 3. The van der Waals surface area contributed by atoms with Gasteiger partial charge in [-0.2, -0.15) is 0 Å². The minimum atomic E-state index is -3.59. The monoisotopic (exact) mass is 296 g/mol. The van der Waals surface area contributed by atoms with Gasteiger partial charge in [0.15, 0.2) is 9.84 Å². The molecule has 0 aromatic heterocycles. The highest BCUT2D eigenvalue weighted by Gasteiger charge is 2.37. The van der Waals surface area contributed by atoms with Crippen molar-refractivity contribution in [2.75, 3.05) is 5.75 Å². The van der Waals surface area contributed by atoms with Crippen molar-refractivity contribution in [3.8, 4) is 0 Å². The van der Waals surface area contributed by atoms with Crippen LogP contribution in [0, 0.1) is 6.92 Å². The third-order valence-corrected chi connectivity index (χ3v) is 6.13. The maximum Gasteiger partial charge on any atom is 0.318 e. The Morgan fingerprint density at radius 1 is 1.20 bits per heavy atom. The topological polar surface area (TPSA) is 71.4 Å². The van der Waals surface area contributed by atoms with Gasteiger partial charge in [0, 0.05) is 5.92 Å². The number of carboxylic acids is 1. The van der Waals surface area contributed by atoms with Crippen LogP contribution in [0.3, 0.4) is 0 Å². The van der Waals surface area contributed by atoms with Gasteiger partial charge in [0.05, 0.1) is 5.25 Å². The van der Waals surface area contributed by atoms with E-state index in [1.807, 2.05) is 31.2 Å². The Bertz CT molecular complexity index is 574. The van der Waals surface area contributed by atoms with Gasteiger partial charge in [-0.3, -0.25) is 4.79 Å². The van der Waals surface area contributed by atoms with Crippen molar-refractivity contribution in [3.63, 3.8) is 0 Å². The Morgan fingerprint density at radius 2 is 1.80 bits per heavy atom. The molecule has 0 unspecified atom stereocenters. The smallest absolute Gasteiger partial charge is 0.318 e. The van der Waals surface area contributed by atoms with Crippen molar-refractivity contribution in [1.29, 1.82) is 0 Å². The van der Waals surface area contributed by atoms with Gasteiger partial charge >= 0.3 is 5.97 Å². The predicted octanol–water partition coefficient (Wildman–Crippen LogP) is 2.52. The van der Waals surface area contributed by atoms with Crippen molar-refractivity contribution in [3.05, 3.63) is 35.4 Å². The van der Waals surface area contributed by atoms with Crippen LogP contribution in [0.2, 0.25) is 0 Å². The highest BCUT2D eigenvalue weighted by molar-refractivity contribution is 7.92. The number of sulfone groups is 1. The number of rotatable bonds is 4. The predicted molar refractivity (Wildman–Crippen MR) is 77.6 cm³/mol. The molecule has 1 saturated carbocycles. The lowest BCUT2D eigenvalue weighted by Crippen LogP contribution is -2.35. The fourth-order valence-electron chi connectivity index (χ4n) is 3.00. The lowest BCUT2D eigenvalue weighted by Gasteiger charge is -2.31. The van der Waals surface area contributed by atoms with Crippen molar-refractivity contribution in [1.82, 2.24) is 0 Å². The van der Waals surface area contributed by atoms with Crippen molar-refractivity contribution in [2.45, 2.75) is 43.8 Å². The van der Waals surface area contributed by atoms with Crippen molar-refractivity contribution < 1.29 is 18.3 Å². The molecule has 20 heavy (non-hydrogen) atoms. The van der Waals surface area contributed by atoms with Crippen LogP contribution in [0.1, 0.15) is 42.7 Å². The summed E-state index contributed by atoms with van der Waals surface area (Å²) in [6.07, 6.45) is 3.23. The molecule has 5 heteroatoms. The first-order valence-corrected chi connectivity index (χ1v) is 8.61. The fourth-order valence-corrected chi connectivity index (χ4v) is 4.88. The van der Waals surface area contributed by atoms with Crippen LogP contribution in [0.4, 0.5) is 0 Å². The lowest BCUT2D eigenvalue weighted by atomic mass is 9.83.